The van der Waals surface area contributed by atoms with Gasteiger partial charge in [-0.25, -0.2) is 4.79 Å². The van der Waals surface area contributed by atoms with E-state index in [9.17, 15) is 15.0 Å². The van der Waals surface area contributed by atoms with Crippen LogP contribution in [-0.2, 0) is 6.54 Å². The Morgan fingerprint density at radius 2 is 1.62 bits per heavy atom. The zero-order chi connectivity index (χ0) is 22.1. The molecule has 0 amide bonds. The molecule has 0 spiro atoms. The summed E-state index contributed by atoms with van der Waals surface area (Å²) in [5.41, 5.74) is 2.15. The topological polar surface area (TPSA) is 89.5 Å². The Hall–Kier alpha value is -4.52. The summed E-state index contributed by atoms with van der Waals surface area (Å²) in [5, 5.41) is 20.1. The van der Waals surface area contributed by atoms with E-state index in [0.717, 1.165) is 11.3 Å². The van der Waals surface area contributed by atoms with Gasteiger partial charge in [0, 0.05) is 30.0 Å². The van der Waals surface area contributed by atoms with Crippen molar-refractivity contribution in [2.24, 2.45) is 0 Å². The largest absolute Gasteiger partial charge is 0.504 e. The number of aromatic nitrogens is 3. The van der Waals surface area contributed by atoms with Gasteiger partial charge in [-0.3, -0.25) is 14.1 Å². The number of rotatable bonds is 5. The first-order chi connectivity index (χ1) is 15.6. The highest BCUT2D eigenvalue weighted by Crippen LogP contribution is 2.35. The Balaban J connectivity index is 1.39. The number of ether oxygens (including phenoxy) is 1. The number of fused-ring (bicyclic) bond motifs is 1. The van der Waals surface area contributed by atoms with Gasteiger partial charge in [0.15, 0.2) is 11.5 Å². The van der Waals surface area contributed by atoms with Gasteiger partial charge in [-0.15, -0.1) is 0 Å². The van der Waals surface area contributed by atoms with Gasteiger partial charge in [-0.2, -0.15) is 0 Å². The molecule has 0 radical (unpaired) electrons. The number of phenols is 2. The summed E-state index contributed by atoms with van der Waals surface area (Å²) in [5.74, 6) is 0.566. The molecule has 7 nitrogen and oxygen atoms in total. The molecule has 0 saturated carbocycles. The third-order valence-electron chi connectivity index (χ3n) is 5.18. The second kappa shape index (κ2) is 7.96. The predicted octanol–water partition coefficient (Wildman–Crippen LogP) is 4.44. The highest BCUT2D eigenvalue weighted by atomic mass is 16.5. The molecule has 5 aromatic rings. The van der Waals surface area contributed by atoms with Crippen LogP contribution in [0, 0.1) is 0 Å². The Morgan fingerprint density at radius 1 is 0.875 bits per heavy atom. The van der Waals surface area contributed by atoms with Gasteiger partial charge in [0.25, 0.3) is 0 Å². The van der Waals surface area contributed by atoms with E-state index >= 15 is 0 Å². The maximum Gasteiger partial charge on any atom is 0.333 e. The van der Waals surface area contributed by atoms with Crippen molar-refractivity contribution in [3.63, 3.8) is 0 Å². The maximum atomic E-state index is 12.8. The third-order valence-corrected chi connectivity index (χ3v) is 5.18. The van der Waals surface area contributed by atoms with Crippen molar-refractivity contribution in [2.75, 3.05) is 0 Å². The van der Waals surface area contributed by atoms with Gasteiger partial charge in [0.2, 0.25) is 0 Å². The summed E-state index contributed by atoms with van der Waals surface area (Å²) in [6.07, 6.45) is 5.08. The lowest BCUT2D eigenvalue weighted by Gasteiger charge is -2.10. The van der Waals surface area contributed by atoms with Gasteiger partial charge >= 0.3 is 5.69 Å². The Morgan fingerprint density at radius 3 is 2.41 bits per heavy atom. The van der Waals surface area contributed by atoms with Crippen molar-refractivity contribution in [1.29, 1.82) is 0 Å². The van der Waals surface area contributed by atoms with Gasteiger partial charge < -0.3 is 14.9 Å². The zero-order valence-corrected chi connectivity index (χ0v) is 16.9. The second-order valence-electron chi connectivity index (χ2n) is 7.33. The quantitative estimate of drug-likeness (QED) is 0.407. The van der Waals surface area contributed by atoms with E-state index in [1.807, 2.05) is 30.3 Å². The predicted molar refractivity (Wildman–Crippen MR) is 121 cm³/mol. The fourth-order valence-electron chi connectivity index (χ4n) is 3.55. The minimum absolute atomic E-state index is 0.127. The lowest BCUT2D eigenvalue weighted by molar-refractivity contribution is 0.404. The fourth-order valence-corrected chi connectivity index (χ4v) is 3.55. The summed E-state index contributed by atoms with van der Waals surface area (Å²) < 4.78 is 9.20. The van der Waals surface area contributed by atoms with Crippen molar-refractivity contribution in [2.45, 2.75) is 6.54 Å². The molecule has 0 unspecified atom stereocenters. The molecular formula is C25H19N3O4. The number of imidazole rings is 1. The first-order valence-electron chi connectivity index (χ1n) is 9.99. The van der Waals surface area contributed by atoms with Crippen LogP contribution in [-0.4, -0.2) is 24.3 Å². The van der Waals surface area contributed by atoms with E-state index in [1.165, 1.54) is 12.1 Å². The normalized spacial score (nSPS) is 11.0. The van der Waals surface area contributed by atoms with E-state index in [2.05, 4.69) is 4.98 Å². The molecule has 0 saturated heterocycles. The highest BCUT2D eigenvalue weighted by Gasteiger charge is 2.10. The van der Waals surface area contributed by atoms with Crippen LogP contribution in [0.25, 0.3) is 16.6 Å². The molecule has 0 atom stereocenters. The molecule has 2 N–H and O–H groups in total. The molecule has 32 heavy (non-hydrogen) atoms. The first kappa shape index (κ1) is 19.4. The summed E-state index contributed by atoms with van der Waals surface area (Å²) in [6.45, 7) is 0.505. The molecule has 3 aromatic carbocycles. The van der Waals surface area contributed by atoms with Gasteiger partial charge in [0.1, 0.15) is 11.5 Å². The van der Waals surface area contributed by atoms with E-state index in [0.29, 0.717) is 28.9 Å². The Bertz CT molecular complexity index is 1450. The van der Waals surface area contributed by atoms with Crippen LogP contribution < -0.4 is 10.4 Å². The average molecular weight is 425 g/mol. The molecule has 0 bridgehead atoms. The van der Waals surface area contributed by atoms with Crippen LogP contribution >= 0.6 is 0 Å². The van der Waals surface area contributed by atoms with Crippen molar-refractivity contribution >= 4 is 10.9 Å². The third kappa shape index (κ3) is 3.67. The second-order valence-corrected chi connectivity index (χ2v) is 7.33. The first-order valence-corrected chi connectivity index (χ1v) is 9.99. The summed E-state index contributed by atoms with van der Waals surface area (Å²) >= 11 is 0. The molecule has 2 aromatic heterocycles. The number of aromatic hydroxyl groups is 2. The van der Waals surface area contributed by atoms with Gasteiger partial charge in [-0.05, 0) is 42.0 Å². The Labute approximate surface area is 183 Å². The van der Waals surface area contributed by atoms with Crippen LogP contribution in [0.5, 0.6) is 23.0 Å². The summed E-state index contributed by atoms with van der Waals surface area (Å²) in [4.78, 5) is 17.0. The molecule has 0 aliphatic heterocycles. The van der Waals surface area contributed by atoms with E-state index < -0.39 is 0 Å². The number of nitrogens with zero attached hydrogens (tertiary/aromatic N) is 3. The van der Waals surface area contributed by atoms with Crippen molar-refractivity contribution < 1.29 is 14.9 Å². The molecule has 7 heteroatoms. The maximum absolute atomic E-state index is 12.8. The van der Waals surface area contributed by atoms with Crippen LogP contribution in [0.3, 0.4) is 0 Å². The number of pyridine rings is 1. The summed E-state index contributed by atoms with van der Waals surface area (Å²) in [7, 11) is 0. The minimum Gasteiger partial charge on any atom is -0.504 e. The fraction of sp³-hybridized carbons (Fsp3) is 0.0400. The van der Waals surface area contributed by atoms with E-state index in [1.54, 1.807) is 58.1 Å². The van der Waals surface area contributed by atoms with Crippen LogP contribution in [0.4, 0.5) is 0 Å². The van der Waals surface area contributed by atoms with E-state index in [4.69, 9.17) is 4.74 Å². The number of hydrogen-bond donors (Lipinski definition) is 2. The highest BCUT2D eigenvalue weighted by molar-refractivity contribution is 5.88. The molecule has 2 heterocycles. The molecule has 0 aliphatic carbocycles. The lowest BCUT2D eigenvalue weighted by atomic mass is 10.2. The average Bonchev–Trinajstić information content (AvgIpc) is 3.16. The van der Waals surface area contributed by atoms with Crippen LogP contribution in [0.2, 0.25) is 0 Å². The standard InChI is InChI=1S/C25H19N3O4/c29-22-14-20-21(15-23(22)30)26-11-10-24(20)32-19-8-6-18(7-9-19)28-13-12-27(25(28)31)16-17-4-2-1-3-5-17/h1-15,29-30H,16H2. The van der Waals surface area contributed by atoms with Gasteiger partial charge in [0.05, 0.1) is 17.7 Å². The summed E-state index contributed by atoms with van der Waals surface area (Å²) in [6, 6.07) is 21.4. The zero-order valence-electron chi connectivity index (χ0n) is 16.9. The van der Waals surface area contributed by atoms with Crippen molar-refractivity contribution in [3.8, 4) is 28.7 Å². The Kier molecular flexibility index (Phi) is 4.84. The van der Waals surface area contributed by atoms with Crippen molar-refractivity contribution in [1.82, 2.24) is 14.1 Å². The smallest absolute Gasteiger partial charge is 0.333 e. The lowest BCUT2D eigenvalue weighted by Crippen LogP contribution is -2.23. The SMILES string of the molecule is O=c1n(Cc2ccccc2)ccn1-c1ccc(Oc2ccnc3cc(O)c(O)cc23)cc1. The molecule has 5 rings (SSSR count). The van der Waals surface area contributed by atoms with E-state index in [-0.39, 0.29) is 17.2 Å². The molecular weight excluding hydrogens is 406 g/mol. The van der Waals surface area contributed by atoms with Crippen LogP contribution in [0.15, 0.2) is 96.2 Å². The van der Waals surface area contributed by atoms with Crippen molar-refractivity contribution in [3.05, 3.63) is 107 Å². The van der Waals surface area contributed by atoms with Crippen LogP contribution in [0.1, 0.15) is 5.56 Å². The number of benzene rings is 3. The van der Waals surface area contributed by atoms with Gasteiger partial charge in [-0.1, -0.05) is 30.3 Å². The number of hydrogen-bond acceptors (Lipinski definition) is 5. The number of phenolic OH excluding ortho intramolecular Hbond substituents is 2. The molecule has 158 valence electrons. The molecule has 0 fully saturated rings. The molecule has 0 aliphatic rings. The minimum atomic E-state index is -0.245. The monoisotopic (exact) mass is 425 g/mol.